The van der Waals surface area contributed by atoms with Crippen molar-refractivity contribution in [2.45, 2.75) is 32.6 Å². The maximum atomic E-state index is 11.6. The predicted octanol–water partition coefficient (Wildman–Crippen LogP) is 3.92. The predicted molar refractivity (Wildman–Crippen MR) is 94.7 cm³/mol. The minimum absolute atomic E-state index is 0.00585. The summed E-state index contributed by atoms with van der Waals surface area (Å²) in [6, 6.07) is 4.27. The van der Waals surface area contributed by atoms with Crippen molar-refractivity contribution in [2.24, 2.45) is 11.7 Å². The zero-order chi connectivity index (χ0) is 16.4. The lowest BCUT2D eigenvalue weighted by molar-refractivity contribution is -0.112. The molecule has 1 aromatic carbocycles. The summed E-state index contributed by atoms with van der Waals surface area (Å²) in [7, 11) is 0. The van der Waals surface area contributed by atoms with Crippen molar-refractivity contribution in [3.63, 3.8) is 0 Å². The van der Waals surface area contributed by atoms with E-state index in [2.05, 4.69) is 57.2 Å². The lowest BCUT2D eigenvalue weighted by Gasteiger charge is -2.42. The molecule has 0 spiro atoms. The molecule has 116 valence electrons. The minimum Gasteiger partial charge on any atom is -0.366 e. The number of primary amides is 1. The molecule has 0 saturated heterocycles. The number of fused-ring (bicyclic) bond motifs is 5. The highest BCUT2D eigenvalue weighted by Crippen LogP contribution is 2.50. The number of carbonyl (C=O) groups is 1. The monoisotopic (exact) mass is 303 g/mol. The molecule has 2 nitrogen and oxygen atoms in total. The Morgan fingerprint density at radius 2 is 2.09 bits per heavy atom. The van der Waals surface area contributed by atoms with Gasteiger partial charge in [0.2, 0.25) is 5.91 Å². The molecule has 0 aromatic heterocycles. The number of hydrogen-bond acceptors (Lipinski definition) is 1. The van der Waals surface area contributed by atoms with E-state index >= 15 is 0 Å². The largest absolute Gasteiger partial charge is 0.366 e. The van der Waals surface area contributed by atoms with Crippen molar-refractivity contribution >= 4 is 17.6 Å². The summed E-state index contributed by atoms with van der Waals surface area (Å²) in [5.74, 6) is 0.106. The third kappa shape index (κ3) is 1.78. The van der Waals surface area contributed by atoms with Gasteiger partial charge in [-0.25, -0.2) is 0 Å². The van der Waals surface area contributed by atoms with Crippen LogP contribution in [0.2, 0.25) is 0 Å². The van der Waals surface area contributed by atoms with Crippen LogP contribution in [0.15, 0.2) is 47.6 Å². The molecular formula is C21H21NO. The molecule has 1 amide bonds. The highest BCUT2D eigenvalue weighted by Gasteiger charge is 2.41. The molecule has 0 saturated carbocycles. The summed E-state index contributed by atoms with van der Waals surface area (Å²) >= 11 is 0. The molecule has 3 aliphatic rings. The maximum absolute atomic E-state index is 11.6. The van der Waals surface area contributed by atoms with E-state index in [0.717, 1.165) is 12.0 Å². The highest BCUT2D eigenvalue weighted by molar-refractivity contribution is 6.20. The fourth-order valence-electron chi connectivity index (χ4n) is 4.39. The maximum Gasteiger partial charge on any atom is 0.249 e. The summed E-state index contributed by atoms with van der Waals surface area (Å²) in [5.41, 5.74) is 13.8. The molecule has 2 atom stereocenters. The van der Waals surface area contributed by atoms with E-state index < -0.39 is 0 Å². The van der Waals surface area contributed by atoms with Gasteiger partial charge in [0.15, 0.2) is 0 Å². The van der Waals surface area contributed by atoms with Gasteiger partial charge in [0.1, 0.15) is 0 Å². The second kappa shape index (κ2) is 4.58. The van der Waals surface area contributed by atoms with E-state index in [-0.39, 0.29) is 11.3 Å². The Labute approximate surface area is 137 Å². The van der Waals surface area contributed by atoms with Gasteiger partial charge in [0.25, 0.3) is 0 Å². The Balaban J connectivity index is 1.93. The van der Waals surface area contributed by atoms with Crippen LogP contribution < -0.4 is 5.73 Å². The molecule has 4 rings (SSSR count). The first-order valence-corrected chi connectivity index (χ1v) is 8.18. The topological polar surface area (TPSA) is 43.1 Å². The van der Waals surface area contributed by atoms with Crippen molar-refractivity contribution in [2.75, 3.05) is 0 Å². The smallest absolute Gasteiger partial charge is 0.249 e. The molecule has 23 heavy (non-hydrogen) atoms. The quantitative estimate of drug-likeness (QED) is 0.839. The molecule has 0 aliphatic heterocycles. The van der Waals surface area contributed by atoms with E-state index in [0.29, 0.717) is 11.5 Å². The number of rotatable bonds is 1. The first kappa shape index (κ1) is 14.3. The van der Waals surface area contributed by atoms with E-state index in [1.54, 1.807) is 0 Å². The summed E-state index contributed by atoms with van der Waals surface area (Å²) in [6.45, 7) is 6.79. The van der Waals surface area contributed by atoms with Gasteiger partial charge < -0.3 is 5.73 Å². The van der Waals surface area contributed by atoms with Gasteiger partial charge >= 0.3 is 0 Å². The van der Waals surface area contributed by atoms with Crippen LogP contribution in [0.5, 0.6) is 0 Å². The molecule has 2 N–H and O–H groups in total. The number of hydrogen-bond donors (Lipinski definition) is 1. The zero-order valence-corrected chi connectivity index (χ0v) is 13.8. The Bertz CT molecular complexity index is 866. The van der Waals surface area contributed by atoms with Crippen LogP contribution in [0.25, 0.3) is 11.6 Å². The van der Waals surface area contributed by atoms with E-state index in [1.165, 1.54) is 27.8 Å². The lowest BCUT2D eigenvalue weighted by Crippen LogP contribution is -2.35. The minimum atomic E-state index is -0.333. The number of benzene rings is 1. The van der Waals surface area contributed by atoms with E-state index in [9.17, 15) is 4.79 Å². The van der Waals surface area contributed by atoms with Gasteiger partial charge in [-0.2, -0.15) is 0 Å². The van der Waals surface area contributed by atoms with Gasteiger partial charge in [0.05, 0.1) is 0 Å². The van der Waals surface area contributed by atoms with Crippen LogP contribution in [0.3, 0.4) is 0 Å². The second-order valence-electron chi connectivity index (χ2n) is 7.07. The highest BCUT2D eigenvalue weighted by atomic mass is 16.1. The number of allylic oxidation sites excluding steroid dienone is 6. The molecule has 0 fully saturated rings. The Hall–Kier alpha value is -2.35. The van der Waals surface area contributed by atoms with Crippen LogP contribution in [0.1, 0.15) is 43.0 Å². The molecule has 0 bridgehead atoms. The first-order chi connectivity index (χ1) is 10.9. The van der Waals surface area contributed by atoms with Crippen LogP contribution in [-0.2, 0) is 16.6 Å². The molecule has 1 aromatic rings. The fourth-order valence-corrected chi connectivity index (χ4v) is 4.39. The first-order valence-electron chi connectivity index (χ1n) is 8.18. The second-order valence-corrected chi connectivity index (χ2v) is 7.07. The summed E-state index contributed by atoms with van der Waals surface area (Å²) in [5, 5.41) is 0. The Kier molecular flexibility index (Phi) is 2.84. The van der Waals surface area contributed by atoms with Crippen molar-refractivity contribution in [3.05, 3.63) is 69.8 Å². The third-order valence-corrected chi connectivity index (χ3v) is 5.82. The zero-order valence-electron chi connectivity index (χ0n) is 13.8. The molecule has 3 aliphatic carbocycles. The molecule has 2 unspecified atom stereocenters. The van der Waals surface area contributed by atoms with Crippen LogP contribution >= 0.6 is 0 Å². The van der Waals surface area contributed by atoms with Crippen molar-refractivity contribution in [3.8, 4) is 0 Å². The molecule has 0 heterocycles. The van der Waals surface area contributed by atoms with E-state index in [1.807, 2.05) is 6.08 Å². The standard InChI is InChI=1S/C21H21NO/c1-12-10-13(2)21(3)14(11-12)4-5-17-15-6-7-18(20(22)23)16(15)8-9-19(17)21/h4-5,7-11,13H,6H2,1-3H3,(H2,22,23). The summed E-state index contributed by atoms with van der Waals surface area (Å²) in [4.78, 5) is 11.6. The fraction of sp³-hybridized carbons (Fsp3) is 0.286. The van der Waals surface area contributed by atoms with Crippen LogP contribution in [0, 0.1) is 5.92 Å². The Morgan fingerprint density at radius 1 is 1.30 bits per heavy atom. The average Bonchev–Trinajstić information content (AvgIpc) is 2.93. The van der Waals surface area contributed by atoms with Crippen molar-refractivity contribution in [1.29, 1.82) is 0 Å². The number of amides is 1. The van der Waals surface area contributed by atoms with Gasteiger partial charge in [-0.15, -0.1) is 0 Å². The number of carbonyl (C=O) groups excluding carboxylic acids is 1. The normalized spacial score (nSPS) is 27.4. The SMILES string of the molecule is CC1=CC(C)C2(C)C(=C1)C=Cc1c2ccc2c1CC=C2C(N)=O. The van der Waals surface area contributed by atoms with Crippen LogP contribution in [-0.4, -0.2) is 5.91 Å². The third-order valence-electron chi connectivity index (χ3n) is 5.82. The van der Waals surface area contributed by atoms with Gasteiger partial charge in [-0.3, -0.25) is 4.79 Å². The molecular weight excluding hydrogens is 282 g/mol. The lowest BCUT2D eigenvalue weighted by atomic mass is 9.61. The van der Waals surface area contributed by atoms with Gasteiger partial charge in [-0.1, -0.05) is 61.9 Å². The number of nitrogens with two attached hydrogens (primary N) is 1. The Morgan fingerprint density at radius 3 is 2.83 bits per heavy atom. The van der Waals surface area contributed by atoms with Gasteiger partial charge in [-0.05, 0) is 47.1 Å². The summed E-state index contributed by atoms with van der Waals surface area (Å²) < 4.78 is 0. The molecule has 0 radical (unpaired) electrons. The van der Waals surface area contributed by atoms with Crippen molar-refractivity contribution in [1.82, 2.24) is 0 Å². The van der Waals surface area contributed by atoms with E-state index in [4.69, 9.17) is 5.73 Å². The summed E-state index contributed by atoms with van der Waals surface area (Å²) in [6.07, 6.45) is 11.9. The average molecular weight is 303 g/mol. The molecule has 2 heteroatoms. The van der Waals surface area contributed by atoms with Crippen molar-refractivity contribution < 1.29 is 4.79 Å². The van der Waals surface area contributed by atoms with Gasteiger partial charge in [0, 0.05) is 11.0 Å². The van der Waals surface area contributed by atoms with Crippen LogP contribution in [0.4, 0.5) is 0 Å².